The van der Waals surface area contributed by atoms with Gasteiger partial charge in [0.05, 0.1) is 7.11 Å². The van der Waals surface area contributed by atoms with Crippen molar-refractivity contribution in [2.75, 3.05) is 14.2 Å². The summed E-state index contributed by atoms with van der Waals surface area (Å²) in [6.45, 7) is 0. The van der Waals surface area contributed by atoms with Crippen LogP contribution >= 0.6 is 0 Å². The number of halogens is 6. The van der Waals surface area contributed by atoms with E-state index in [1.165, 1.54) is 0 Å². The van der Waals surface area contributed by atoms with Crippen LogP contribution in [0.2, 0.25) is 0 Å². The predicted molar refractivity (Wildman–Crippen MR) is 39.9 cm³/mol. The van der Waals surface area contributed by atoms with E-state index in [9.17, 15) is 31.1 Å². The molecule has 1 unspecified atom stereocenters. The Labute approximate surface area is 91.1 Å². The maximum absolute atomic E-state index is 12.8. The number of ether oxygens (including phenoxy) is 2. The molecule has 102 valence electrons. The predicted octanol–water partition coefficient (Wildman–Crippen LogP) is 1.03. The first-order chi connectivity index (χ1) is 7.46. The lowest BCUT2D eigenvalue weighted by molar-refractivity contribution is -0.358. The third kappa shape index (κ3) is 2.32. The number of aliphatic hydroxyl groups excluding tert-OH is 1. The smallest absolute Gasteiger partial charge is 0.410 e. The van der Waals surface area contributed by atoms with Crippen molar-refractivity contribution >= 4 is 5.97 Å². The molecule has 0 amide bonds. The molecule has 0 aromatic carbocycles. The van der Waals surface area contributed by atoms with E-state index in [1.807, 2.05) is 0 Å². The average Bonchev–Trinajstić information content (AvgIpc) is 2.25. The number of carbonyl (C=O) groups excluding carboxylic acids is 1. The van der Waals surface area contributed by atoms with Gasteiger partial charge in [-0.3, -0.25) is 0 Å². The maximum atomic E-state index is 12.8. The summed E-state index contributed by atoms with van der Waals surface area (Å²) in [7, 11) is 0.710. The first kappa shape index (κ1) is 16.0. The number of alkyl halides is 6. The highest BCUT2D eigenvalue weighted by atomic mass is 19.3. The van der Waals surface area contributed by atoms with Gasteiger partial charge in [0.1, 0.15) is 0 Å². The molecule has 0 aliphatic rings. The van der Waals surface area contributed by atoms with E-state index >= 15 is 0 Å². The number of hydrogen-bond donors (Lipinski definition) is 1. The minimum Gasteiger partial charge on any atom is -0.464 e. The van der Waals surface area contributed by atoms with Crippen LogP contribution in [0.5, 0.6) is 0 Å². The Morgan fingerprint density at radius 3 is 1.82 bits per heavy atom. The summed E-state index contributed by atoms with van der Waals surface area (Å²) in [5.74, 6) is -20.5. The normalized spacial score (nSPS) is 15.6. The molecule has 0 spiro atoms. The molecule has 0 saturated carbocycles. The van der Waals surface area contributed by atoms with Crippen LogP contribution < -0.4 is 0 Å². The summed E-state index contributed by atoms with van der Waals surface area (Å²) in [5, 5.41) is 8.40. The molecular weight excluding hydrogens is 262 g/mol. The minimum atomic E-state index is -6.18. The summed E-state index contributed by atoms with van der Waals surface area (Å²) in [6, 6.07) is 0. The van der Waals surface area contributed by atoms with Crippen molar-refractivity contribution in [3.8, 4) is 0 Å². The molecular formula is C7H8F6O4. The molecule has 0 saturated heterocycles. The Hall–Kier alpha value is -1.03. The van der Waals surface area contributed by atoms with Gasteiger partial charge in [0.15, 0.2) is 0 Å². The first-order valence-electron chi connectivity index (χ1n) is 3.89. The molecule has 0 radical (unpaired) electrons. The van der Waals surface area contributed by atoms with Gasteiger partial charge in [0.2, 0.25) is 6.29 Å². The molecule has 0 bridgehead atoms. The molecule has 0 heterocycles. The van der Waals surface area contributed by atoms with Crippen LogP contribution in [0.3, 0.4) is 0 Å². The van der Waals surface area contributed by atoms with Crippen LogP contribution in [0.25, 0.3) is 0 Å². The Morgan fingerprint density at radius 1 is 1.12 bits per heavy atom. The summed E-state index contributed by atoms with van der Waals surface area (Å²) >= 11 is 0. The first-order valence-corrected chi connectivity index (χ1v) is 3.89. The molecule has 10 heteroatoms. The second kappa shape index (κ2) is 4.69. The fourth-order valence-electron chi connectivity index (χ4n) is 0.769. The van der Waals surface area contributed by atoms with Crippen LogP contribution in [0.1, 0.15) is 0 Å². The van der Waals surface area contributed by atoms with Crippen LogP contribution in [0, 0.1) is 0 Å². The zero-order valence-electron chi connectivity index (χ0n) is 8.52. The van der Waals surface area contributed by atoms with E-state index in [4.69, 9.17) is 5.11 Å². The lowest BCUT2D eigenvalue weighted by Gasteiger charge is -2.32. The number of rotatable bonds is 5. The highest BCUT2D eigenvalue weighted by Crippen LogP contribution is 2.47. The Kier molecular flexibility index (Phi) is 4.40. The van der Waals surface area contributed by atoms with Crippen molar-refractivity contribution in [2.45, 2.75) is 24.1 Å². The van der Waals surface area contributed by atoms with Crippen LogP contribution in [0.15, 0.2) is 0 Å². The molecule has 0 fully saturated rings. The fourth-order valence-corrected chi connectivity index (χ4v) is 0.769. The number of aliphatic hydroxyl groups is 1. The van der Waals surface area contributed by atoms with Crippen molar-refractivity contribution in [3.63, 3.8) is 0 Å². The van der Waals surface area contributed by atoms with Crippen LogP contribution in [-0.4, -0.2) is 49.4 Å². The third-order valence-electron chi connectivity index (χ3n) is 1.79. The molecule has 1 atom stereocenters. The number of hydrogen-bond acceptors (Lipinski definition) is 4. The summed E-state index contributed by atoms with van der Waals surface area (Å²) in [4.78, 5) is 10.3. The second-order valence-corrected chi connectivity index (χ2v) is 2.85. The minimum absolute atomic E-state index is 0.317. The molecule has 0 aromatic heterocycles. The highest BCUT2D eigenvalue weighted by molar-refractivity contribution is 5.79. The summed E-state index contributed by atoms with van der Waals surface area (Å²) < 4.78 is 83.3. The van der Waals surface area contributed by atoms with Gasteiger partial charge < -0.3 is 14.6 Å². The van der Waals surface area contributed by atoms with E-state index in [0.29, 0.717) is 14.2 Å². The number of methoxy groups -OCH3 is 2. The molecule has 0 aromatic rings. The van der Waals surface area contributed by atoms with Crippen molar-refractivity contribution in [1.82, 2.24) is 0 Å². The summed E-state index contributed by atoms with van der Waals surface area (Å²) in [5.41, 5.74) is 0. The van der Waals surface area contributed by atoms with E-state index in [1.54, 1.807) is 0 Å². The Morgan fingerprint density at radius 2 is 1.53 bits per heavy atom. The van der Waals surface area contributed by atoms with Gasteiger partial charge in [-0.25, -0.2) is 4.79 Å². The third-order valence-corrected chi connectivity index (χ3v) is 1.79. The zero-order chi connectivity index (χ0) is 14.1. The average molecular weight is 270 g/mol. The monoisotopic (exact) mass is 270 g/mol. The van der Waals surface area contributed by atoms with Gasteiger partial charge in [-0.1, -0.05) is 0 Å². The van der Waals surface area contributed by atoms with E-state index in [2.05, 4.69) is 9.47 Å². The number of carbonyl (C=O) groups is 1. The molecule has 0 aliphatic heterocycles. The van der Waals surface area contributed by atoms with Crippen molar-refractivity contribution < 1.29 is 45.7 Å². The lowest BCUT2D eigenvalue weighted by atomic mass is 10.0. The van der Waals surface area contributed by atoms with Crippen molar-refractivity contribution in [3.05, 3.63) is 0 Å². The standard InChI is InChI=1S/C7H8F6O4/c1-16-3(14)5(8,9)7(12,13)6(10,11)4(15)17-2/h3,14H,1-2H3. The van der Waals surface area contributed by atoms with Gasteiger partial charge >= 0.3 is 23.7 Å². The molecule has 4 nitrogen and oxygen atoms in total. The van der Waals surface area contributed by atoms with Crippen LogP contribution in [0.4, 0.5) is 26.3 Å². The van der Waals surface area contributed by atoms with Gasteiger partial charge in [-0.05, 0) is 0 Å². The van der Waals surface area contributed by atoms with Gasteiger partial charge in [0, 0.05) is 7.11 Å². The molecule has 0 rings (SSSR count). The highest BCUT2D eigenvalue weighted by Gasteiger charge is 2.78. The van der Waals surface area contributed by atoms with Crippen molar-refractivity contribution in [1.29, 1.82) is 0 Å². The van der Waals surface area contributed by atoms with E-state index in [-0.39, 0.29) is 0 Å². The largest absolute Gasteiger partial charge is 0.464 e. The second-order valence-electron chi connectivity index (χ2n) is 2.85. The quantitative estimate of drug-likeness (QED) is 0.460. The summed E-state index contributed by atoms with van der Waals surface area (Å²) in [6.07, 6.45) is -3.51. The Balaban J connectivity index is 5.46. The lowest BCUT2D eigenvalue weighted by Crippen LogP contribution is -2.62. The maximum Gasteiger partial charge on any atom is 0.410 e. The van der Waals surface area contributed by atoms with E-state index < -0.39 is 30.0 Å². The zero-order valence-corrected chi connectivity index (χ0v) is 8.52. The van der Waals surface area contributed by atoms with Crippen LogP contribution in [-0.2, 0) is 14.3 Å². The van der Waals surface area contributed by atoms with Gasteiger partial charge in [-0.15, -0.1) is 0 Å². The fraction of sp³-hybridized carbons (Fsp3) is 0.857. The topological polar surface area (TPSA) is 55.8 Å². The molecule has 1 N–H and O–H groups in total. The number of esters is 1. The van der Waals surface area contributed by atoms with Gasteiger partial charge in [-0.2, -0.15) is 26.3 Å². The SMILES string of the molecule is COC(=O)C(F)(F)C(F)(F)C(F)(F)C(O)OC. The Bertz CT molecular complexity index is 292. The molecule has 17 heavy (non-hydrogen) atoms. The van der Waals surface area contributed by atoms with E-state index in [0.717, 1.165) is 0 Å². The van der Waals surface area contributed by atoms with Gasteiger partial charge in [0.25, 0.3) is 0 Å². The molecule has 0 aliphatic carbocycles. The van der Waals surface area contributed by atoms with Crippen molar-refractivity contribution in [2.24, 2.45) is 0 Å².